The maximum absolute atomic E-state index is 5.44. The molecule has 15 heavy (non-hydrogen) atoms. The van der Waals surface area contributed by atoms with Gasteiger partial charge in [0.25, 0.3) is 0 Å². The minimum Gasteiger partial charge on any atom is -0.380 e. The fourth-order valence-electron chi connectivity index (χ4n) is 1.87. The van der Waals surface area contributed by atoms with Crippen molar-refractivity contribution in [2.45, 2.75) is 25.8 Å². The van der Waals surface area contributed by atoms with E-state index in [2.05, 4.69) is 21.8 Å². The predicted molar refractivity (Wildman–Crippen MR) is 59.0 cm³/mol. The first-order chi connectivity index (χ1) is 7.33. The smallest absolute Gasteiger partial charge is 0.0951 e. The van der Waals surface area contributed by atoms with E-state index in [0.717, 1.165) is 26.3 Å². The third-order valence-electron chi connectivity index (χ3n) is 2.93. The van der Waals surface area contributed by atoms with E-state index in [0.29, 0.717) is 12.0 Å². The Balaban J connectivity index is 2.02. The predicted octanol–water partition coefficient (Wildman–Crippen LogP) is 1.17. The second-order valence-corrected chi connectivity index (χ2v) is 4.09. The zero-order valence-corrected chi connectivity index (χ0v) is 9.44. The molecule has 4 nitrogen and oxygen atoms in total. The molecule has 0 spiro atoms. The molecule has 1 aliphatic heterocycles. The molecule has 1 aliphatic rings. The summed E-state index contributed by atoms with van der Waals surface area (Å²) in [6, 6.07) is 0.378. The third-order valence-corrected chi connectivity index (χ3v) is 2.93. The van der Waals surface area contributed by atoms with Crippen molar-refractivity contribution in [1.29, 1.82) is 0 Å². The first-order valence-electron chi connectivity index (χ1n) is 5.63. The summed E-state index contributed by atoms with van der Waals surface area (Å²) in [6.07, 6.45) is 3.89. The summed E-state index contributed by atoms with van der Waals surface area (Å²) >= 11 is 0. The highest BCUT2D eigenvalue weighted by Gasteiger charge is 2.23. The van der Waals surface area contributed by atoms with Crippen molar-refractivity contribution in [2.75, 3.05) is 26.3 Å². The zero-order chi connectivity index (χ0) is 10.7. The Bertz CT molecular complexity index is 307. The van der Waals surface area contributed by atoms with Crippen LogP contribution < -0.4 is 5.32 Å². The van der Waals surface area contributed by atoms with Crippen LogP contribution in [0.4, 0.5) is 0 Å². The monoisotopic (exact) mass is 209 g/mol. The number of nitrogens with zero attached hydrogens (tertiary/aromatic N) is 2. The summed E-state index contributed by atoms with van der Waals surface area (Å²) in [4.78, 5) is 4.23. The van der Waals surface area contributed by atoms with Crippen molar-refractivity contribution < 1.29 is 4.74 Å². The highest BCUT2D eigenvalue weighted by atomic mass is 16.5. The molecule has 0 bridgehead atoms. The summed E-state index contributed by atoms with van der Waals surface area (Å²) in [6.45, 7) is 7.89. The average Bonchev–Trinajstić information content (AvgIpc) is 2.60. The maximum Gasteiger partial charge on any atom is 0.0951 e. The molecule has 0 radical (unpaired) electrons. The normalized spacial score (nSPS) is 18.8. The van der Waals surface area contributed by atoms with Gasteiger partial charge in [0.05, 0.1) is 19.0 Å². The molecule has 1 unspecified atom stereocenters. The molecule has 0 amide bonds. The van der Waals surface area contributed by atoms with E-state index in [9.17, 15) is 0 Å². The summed E-state index contributed by atoms with van der Waals surface area (Å²) in [5.74, 6) is 0.636. The lowest BCUT2D eigenvalue weighted by Gasteiger charge is -2.29. The summed E-state index contributed by atoms with van der Waals surface area (Å²) < 4.78 is 7.68. The van der Waals surface area contributed by atoms with Gasteiger partial charge in [0.2, 0.25) is 0 Å². The Hall–Kier alpha value is -0.870. The second-order valence-electron chi connectivity index (χ2n) is 4.09. The largest absolute Gasteiger partial charge is 0.380 e. The van der Waals surface area contributed by atoms with Gasteiger partial charge in [-0.15, -0.1) is 0 Å². The van der Waals surface area contributed by atoms with E-state index >= 15 is 0 Å². The first-order valence-corrected chi connectivity index (χ1v) is 5.63. The zero-order valence-electron chi connectivity index (χ0n) is 9.44. The molecule has 84 valence electrons. The van der Waals surface area contributed by atoms with Gasteiger partial charge in [0, 0.05) is 37.5 Å². The molecule has 2 rings (SSSR count). The summed E-state index contributed by atoms with van der Waals surface area (Å²) in [5, 5.41) is 3.29. The molecule has 0 aliphatic carbocycles. The van der Waals surface area contributed by atoms with Gasteiger partial charge >= 0.3 is 0 Å². The Labute approximate surface area is 90.6 Å². The van der Waals surface area contributed by atoms with Crippen LogP contribution in [0.1, 0.15) is 31.5 Å². The number of ether oxygens (including phenoxy) is 1. The molecule has 4 heteroatoms. The number of rotatable bonds is 5. The number of hydrogen-bond acceptors (Lipinski definition) is 3. The van der Waals surface area contributed by atoms with E-state index in [1.807, 2.05) is 19.4 Å². The molecule has 1 aromatic rings. The van der Waals surface area contributed by atoms with Gasteiger partial charge in [-0.05, 0) is 13.8 Å². The minimum absolute atomic E-state index is 0.378. The fourth-order valence-corrected chi connectivity index (χ4v) is 1.87. The topological polar surface area (TPSA) is 39.1 Å². The average molecular weight is 209 g/mol. The maximum atomic E-state index is 5.44. The number of imidazole rings is 1. The number of aromatic nitrogens is 2. The second kappa shape index (κ2) is 4.77. The third kappa shape index (κ3) is 2.21. The van der Waals surface area contributed by atoms with Crippen LogP contribution in [-0.4, -0.2) is 35.9 Å². The van der Waals surface area contributed by atoms with Gasteiger partial charge in [-0.3, -0.25) is 0 Å². The van der Waals surface area contributed by atoms with Crippen LogP contribution in [0.25, 0.3) is 0 Å². The number of hydrogen-bond donors (Lipinski definition) is 1. The summed E-state index contributed by atoms with van der Waals surface area (Å²) in [7, 11) is 0. The van der Waals surface area contributed by atoms with Gasteiger partial charge in [-0.25, -0.2) is 4.98 Å². The van der Waals surface area contributed by atoms with Gasteiger partial charge < -0.3 is 14.6 Å². The highest BCUT2D eigenvalue weighted by molar-refractivity contribution is 5.12. The van der Waals surface area contributed by atoms with Gasteiger partial charge in [-0.2, -0.15) is 0 Å². The van der Waals surface area contributed by atoms with Crippen LogP contribution in [-0.2, 0) is 4.74 Å². The van der Waals surface area contributed by atoms with Crippen molar-refractivity contribution in [1.82, 2.24) is 14.9 Å². The number of nitrogens with one attached hydrogen (secondary N) is 1. The molecule has 0 aromatic carbocycles. The SMILES string of the molecule is CCOCC(C)n1cncc1C1CNC1. The lowest BCUT2D eigenvalue weighted by Crippen LogP contribution is -2.41. The highest BCUT2D eigenvalue weighted by Crippen LogP contribution is 2.22. The van der Waals surface area contributed by atoms with E-state index < -0.39 is 0 Å². The van der Waals surface area contributed by atoms with Crippen LogP contribution in [0, 0.1) is 0 Å². The summed E-state index contributed by atoms with van der Waals surface area (Å²) in [5.41, 5.74) is 1.33. The van der Waals surface area contributed by atoms with Crippen LogP contribution in [0.3, 0.4) is 0 Å². The quantitative estimate of drug-likeness (QED) is 0.791. The van der Waals surface area contributed by atoms with E-state index in [1.54, 1.807) is 0 Å². The Morgan fingerprint density at radius 3 is 3.07 bits per heavy atom. The van der Waals surface area contributed by atoms with Gasteiger partial charge in [-0.1, -0.05) is 0 Å². The molecule has 1 saturated heterocycles. The molecule has 1 aromatic heterocycles. The Kier molecular flexibility index (Phi) is 3.38. The lowest BCUT2D eigenvalue weighted by atomic mass is 9.99. The van der Waals surface area contributed by atoms with Gasteiger partial charge in [0.15, 0.2) is 0 Å². The van der Waals surface area contributed by atoms with Crippen molar-refractivity contribution in [3.8, 4) is 0 Å². The van der Waals surface area contributed by atoms with Crippen LogP contribution in [0.2, 0.25) is 0 Å². The standard InChI is InChI=1S/C11H19N3O/c1-3-15-7-9(2)14-8-13-6-11(14)10-4-12-5-10/h6,8-10,12H,3-5,7H2,1-2H3. The molecule has 0 saturated carbocycles. The molecule has 2 heterocycles. The van der Waals surface area contributed by atoms with Crippen LogP contribution >= 0.6 is 0 Å². The van der Waals surface area contributed by atoms with Crippen molar-refractivity contribution in [3.05, 3.63) is 18.2 Å². The van der Waals surface area contributed by atoms with Crippen molar-refractivity contribution in [3.63, 3.8) is 0 Å². The Morgan fingerprint density at radius 1 is 1.67 bits per heavy atom. The molecule has 1 fully saturated rings. The molecular weight excluding hydrogens is 190 g/mol. The molecular formula is C11H19N3O. The van der Waals surface area contributed by atoms with Crippen molar-refractivity contribution >= 4 is 0 Å². The van der Waals surface area contributed by atoms with Crippen molar-refractivity contribution in [2.24, 2.45) is 0 Å². The Morgan fingerprint density at radius 2 is 2.47 bits per heavy atom. The molecule has 1 N–H and O–H groups in total. The first kappa shape index (κ1) is 10.6. The van der Waals surface area contributed by atoms with Gasteiger partial charge in [0.1, 0.15) is 0 Å². The van der Waals surface area contributed by atoms with Crippen LogP contribution in [0.15, 0.2) is 12.5 Å². The minimum atomic E-state index is 0.378. The fraction of sp³-hybridized carbons (Fsp3) is 0.727. The van der Waals surface area contributed by atoms with E-state index in [4.69, 9.17) is 4.74 Å². The van der Waals surface area contributed by atoms with Crippen LogP contribution in [0.5, 0.6) is 0 Å². The molecule has 1 atom stereocenters. The van der Waals surface area contributed by atoms with E-state index in [1.165, 1.54) is 5.69 Å². The lowest BCUT2D eigenvalue weighted by molar-refractivity contribution is 0.117. The van der Waals surface area contributed by atoms with E-state index in [-0.39, 0.29) is 0 Å².